The molecular formula is C13H10N2S. The molecule has 0 atom stereocenters. The van der Waals surface area contributed by atoms with E-state index in [1.54, 1.807) is 11.3 Å². The van der Waals surface area contributed by atoms with Gasteiger partial charge in [-0.25, -0.2) is 0 Å². The van der Waals surface area contributed by atoms with Crippen molar-refractivity contribution in [1.82, 2.24) is 4.98 Å². The Hall–Kier alpha value is -1.87. The molecule has 0 aliphatic heterocycles. The van der Waals surface area contributed by atoms with Crippen molar-refractivity contribution < 1.29 is 0 Å². The quantitative estimate of drug-likeness (QED) is 0.644. The summed E-state index contributed by atoms with van der Waals surface area (Å²) >= 11 is 1.72. The maximum Gasteiger partial charge on any atom is 0.0816 e. The third kappa shape index (κ3) is 1.46. The first-order valence-corrected chi connectivity index (χ1v) is 5.86. The van der Waals surface area contributed by atoms with E-state index in [0.717, 1.165) is 16.8 Å². The van der Waals surface area contributed by atoms with Crippen LogP contribution in [0.4, 0.5) is 5.69 Å². The molecule has 0 radical (unpaired) electrons. The number of nitrogens with two attached hydrogens (primary N) is 1. The van der Waals surface area contributed by atoms with Gasteiger partial charge in [0.15, 0.2) is 0 Å². The van der Waals surface area contributed by atoms with Crippen LogP contribution in [0.1, 0.15) is 0 Å². The van der Waals surface area contributed by atoms with Crippen LogP contribution in [0.2, 0.25) is 0 Å². The fourth-order valence-corrected chi connectivity index (χ4v) is 2.79. The Morgan fingerprint density at radius 3 is 2.75 bits per heavy atom. The second-order valence-electron chi connectivity index (χ2n) is 3.58. The number of para-hydroxylation sites is 1. The van der Waals surface area contributed by atoms with Crippen molar-refractivity contribution in [3.05, 3.63) is 48.7 Å². The second-order valence-corrected chi connectivity index (χ2v) is 4.67. The number of rotatable bonds is 1. The lowest BCUT2D eigenvalue weighted by molar-refractivity contribution is 1.43. The molecule has 3 aromatic rings. The van der Waals surface area contributed by atoms with Crippen LogP contribution in [0.3, 0.4) is 0 Å². The normalized spacial score (nSPS) is 10.8. The van der Waals surface area contributed by atoms with Crippen LogP contribution >= 0.6 is 11.3 Å². The number of nitrogens with zero attached hydrogens (tertiary/aromatic N) is 1. The lowest BCUT2D eigenvalue weighted by Gasteiger charge is -2.00. The van der Waals surface area contributed by atoms with Gasteiger partial charge in [-0.05, 0) is 24.3 Å². The molecule has 0 aliphatic carbocycles. The zero-order chi connectivity index (χ0) is 11.0. The minimum Gasteiger partial charge on any atom is -0.398 e. The second kappa shape index (κ2) is 3.61. The number of hydrogen-bond acceptors (Lipinski definition) is 3. The molecule has 0 amide bonds. The summed E-state index contributed by atoms with van der Waals surface area (Å²) in [6, 6.07) is 14.0. The number of benzene rings is 1. The van der Waals surface area contributed by atoms with Crippen molar-refractivity contribution in [2.24, 2.45) is 0 Å². The van der Waals surface area contributed by atoms with Gasteiger partial charge in [0.1, 0.15) is 0 Å². The number of hydrogen-bond donors (Lipinski definition) is 1. The molecule has 0 saturated carbocycles. The van der Waals surface area contributed by atoms with E-state index in [2.05, 4.69) is 17.1 Å². The van der Waals surface area contributed by atoms with E-state index >= 15 is 0 Å². The molecular weight excluding hydrogens is 216 g/mol. The fourth-order valence-electron chi connectivity index (χ4n) is 1.72. The number of fused-ring (bicyclic) bond motifs is 1. The third-order valence-corrected chi connectivity index (χ3v) is 3.64. The SMILES string of the molecule is Nc1ccccc1-c1cc2ncccc2s1. The molecule has 0 bridgehead atoms. The number of aromatic nitrogens is 1. The molecule has 1 aromatic carbocycles. The van der Waals surface area contributed by atoms with Gasteiger partial charge >= 0.3 is 0 Å². The average molecular weight is 226 g/mol. The van der Waals surface area contributed by atoms with Crippen LogP contribution < -0.4 is 5.73 Å². The number of anilines is 1. The van der Waals surface area contributed by atoms with Gasteiger partial charge in [0.05, 0.1) is 10.2 Å². The smallest absolute Gasteiger partial charge is 0.0816 e. The Kier molecular flexibility index (Phi) is 2.11. The highest BCUT2D eigenvalue weighted by molar-refractivity contribution is 7.22. The summed E-state index contributed by atoms with van der Waals surface area (Å²) in [5, 5.41) is 0. The predicted molar refractivity (Wildman–Crippen MR) is 69.5 cm³/mol. The van der Waals surface area contributed by atoms with Gasteiger partial charge in [-0.1, -0.05) is 18.2 Å². The summed E-state index contributed by atoms with van der Waals surface area (Å²) in [5.74, 6) is 0. The van der Waals surface area contributed by atoms with Gasteiger partial charge in [-0.3, -0.25) is 4.98 Å². The van der Waals surface area contributed by atoms with Crippen molar-refractivity contribution >= 4 is 27.2 Å². The predicted octanol–water partition coefficient (Wildman–Crippen LogP) is 3.55. The molecule has 78 valence electrons. The van der Waals surface area contributed by atoms with Crippen LogP contribution in [0.25, 0.3) is 20.7 Å². The number of thiophene rings is 1. The van der Waals surface area contributed by atoms with E-state index in [9.17, 15) is 0 Å². The van der Waals surface area contributed by atoms with E-state index in [1.807, 2.05) is 36.5 Å². The van der Waals surface area contributed by atoms with Crippen molar-refractivity contribution in [1.29, 1.82) is 0 Å². The molecule has 3 rings (SSSR count). The molecule has 16 heavy (non-hydrogen) atoms. The largest absolute Gasteiger partial charge is 0.398 e. The van der Waals surface area contributed by atoms with Gasteiger partial charge in [0.25, 0.3) is 0 Å². The minimum absolute atomic E-state index is 0.814. The standard InChI is InChI=1S/C13H10N2S/c14-10-5-2-1-4-9(10)13-8-11-12(16-13)6-3-7-15-11/h1-8H,14H2. The Labute approximate surface area is 97.4 Å². The Balaban J connectivity index is 2.23. The lowest BCUT2D eigenvalue weighted by atomic mass is 10.1. The lowest BCUT2D eigenvalue weighted by Crippen LogP contribution is -1.86. The number of nitrogen functional groups attached to an aromatic ring is 1. The van der Waals surface area contributed by atoms with E-state index in [1.165, 1.54) is 9.58 Å². The topological polar surface area (TPSA) is 38.9 Å². The molecule has 0 spiro atoms. The van der Waals surface area contributed by atoms with Crippen molar-refractivity contribution in [2.75, 3.05) is 5.73 Å². The summed E-state index contributed by atoms with van der Waals surface area (Å²) in [6.07, 6.45) is 1.81. The van der Waals surface area contributed by atoms with Crippen LogP contribution in [0.15, 0.2) is 48.7 Å². The highest BCUT2D eigenvalue weighted by atomic mass is 32.1. The summed E-state index contributed by atoms with van der Waals surface area (Å²) in [5.41, 5.74) is 8.90. The zero-order valence-electron chi connectivity index (χ0n) is 8.55. The summed E-state index contributed by atoms with van der Waals surface area (Å²) in [7, 11) is 0. The maximum atomic E-state index is 5.96. The van der Waals surface area contributed by atoms with Crippen molar-refractivity contribution in [2.45, 2.75) is 0 Å². The van der Waals surface area contributed by atoms with Crippen LogP contribution in [0.5, 0.6) is 0 Å². The van der Waals surface area contributed by atoms with E-state index < -0.39 is 0 Å². The zero-order valence-corrected chi connectivity index (χ0v) is 9.37. The van der Waals surface area contributed by atoms with Gasteiger partial charge in [-0.2, -0.15) is 0 Å². The van der Waals surface area contributed by atoms with Gasteiger partial charge in [0, 0.05) is 22.3 Å². The van der Waals surface area contributed by atoms with E-state index in [0.29, 0.717) is 0 Å². The first-order valence-electron chi connectivity index (χ1n) is 5.04. The summed E-state index contributed by atoms with van der Waals surface area (Å²) in [4.78, 5) is 5.50. The van der Waals surface area contributed by atoms with Crippen LogP contribution in [-0.2, 0) is 0 Å². The summed E-state index contributed by atoms with van der Waals surface area (Å²) in [6.45, 7) is 0. The highest BCUT2D eigenvalue weighted by Crippen LogP contribution is 2.34. The van der Waals surface area contributed by atoms with Crippen LogP contribution in [0, 0.1) is 0 Å². The van der Waals surface area contributed by atoms with Gasteiger partial charge < -0.3 is 5.73 Å². The maximum absolute atomic E-state index is 5.96. The van der Waals surface area contributed by atoms with Crippen LogP contribution in [-0.4, -0.2) is 4.98 Å². The summed E-state index contributed by atoms with van der Waals surface area (Å²) < 4.78 is 1.20. The number of pyridine rings is 1. The molecule has 2 aromatic heterocycles. The third-order valence-electron chi connectivity index (χ3n) is 2.51. The molecule has 2 heterocycles. The van der Waals surface area contributed by atoms with Crippen molar-refractivity contribution in [3.63, 3.8) is 0 Å². The average Bonchev–Trinajstić information content (AvgIpc) is 2.73. The molecule has 0 fully saturated rings. The molecule has 2 N–H and O–H groups in total. The van der Waals surface area contributed by atoms with E-state index in [-0.39, 0.29) is 0 Å². The molecule has 3 heteroatoms. The Bertz CT molecular complexity index is 610. The van der Waals surface area contributed by atoms with Crippen molar-refractivity contribution in [3.8, 4) is 10.4 Å². The first-order chi connectivity index (χ1) is 7.84. The molecule has 0 unspecified atom stereocenters. The fraction of sp³-hybridized carbons (Fsp3) is 0. The molecule has 0 saturated heterocycles. The van der Waals surface area contributed by atoms with E-state index in [4.69, 9.17) is 5.73 Å². The monoisotopic (exact) mass is 226 g/mol. The first kappa shape index (κ1) is 9.36. The highest BCUT2D eigenvalue weighted by Gasteiger charge is 2.06. The minimum atomic E-state index is 0.814. The van der Waals surface area contributed by atoms with Gasteiger partial charge in [-0.15, -0.1) is 11.3 Å². The Morgan fingerprint density at radius 1 is 1.06 bits per heavy atom. The molecule has 0 aliphatic rings. The Morgan fingerprint density at radius 2 is 1.94 bits per heavy atom. The van der Waals surface area contributed by atoms with Gasteiger partial charge in [0.2, 0.25) is 0 Å². The molecule has 2 nitrogen and oxygen atoms in total.